The van der Waals surface area contributed by atoms with Crippen LogP contribution in [0.4, 0.5) is 8.78 Å². The van der Waals surface area contributed by atoms with Crippen molar-refractivity contribution in [1.82, 2.24) is 9.97 Å². The van der Waals surface area contributed by atoms with Crippen LogP contribution in [0.5, 0.6) is 0 Å². The van der Waals surface area contributed by atoms with E-state index in [1.165, 1.54) is 24.4 Å². The predicted octanol–water partition coefficient (Wildman–Crippen LogP) is 1.64. The predicted molar refractivity (Wildman–Crippen MR) is 54.0 cm³/mol. The Balaban J connectivity index is 2.30. The van der Waals surface area contributed by atoms with Crippen LogP contribution in [0.2, 0.25) is 0 Å². The molecule has 0 saturated heterocycles. The van der Waals surface area contributed by atoms with E-state index in [-0.39, 0.29) is 17.5 Å². The highest BCUT2D eigenvalue weighted by atomic mass is 19.1. The quantitative estimate of drug-likeness (QED) is 0.839. The lowest BCUT2D eigenvalue weighted by Gasteiger charge is -2.02. The molecule has 2 rings (SSSR count). The smallest absolute Gasteiger partial charge is 0.250 e. The van der Waals surface area contributed by atoms with E-state index >= 15 is 0 Å². The highest BCUT2D eigenvalue weighted by Gasteiger charge is 2.05. The van der Waals surface area contributed by atoms with Gasteiger partial charge in [-0.25, -0.2) is 13.8 Å². The second kappa shape index (κ2) is 4.22. The molecule has 1 aromatic carbocycles. The highest BCUT2D eigenvalue weighted by molar-refractivity contribution is 5.21. The molecule has 1 aromatic heterocycles. The normalized spacial score (nSPS) is 10.4. The summed E-state index contributed by atoms with van der Waals surface area (Å²) in [5, 5.41) is 0. The van der Waals surface area contributed by atoms with E-state index in [1.54, 1.807) is 0 Å². The van der Waals surface area contributed by atoms with Crippen molar-refractivity contribution < 1.29 is 8.78 Å². The van der Waals surface area contributed by atoms with Gasteiger partial charge in [0.1, 0.15) is 17.5 Å². The summed E-state index contributed by atoms with van der Waals surface area (Å²) in [6, 6.07) is 4.57. The van der Waals surface area contributed by atoms with Gasteiger partial charge in [0.2, 0.25) is 0 Å². The van der Waals surface area contributed by atoms with E-state index in [2.05, 4.69) is 9.97 Å². The topological polar surface area (TPSA) is 45.8 Å². The third kappa shape index (κ3) is 2.31. The van der Waals surface area contributed by atoms with Crippen LogP contribution in [0.3, 0.4) is 0 Å². The lowest BCUT2D eigenvalue weighted by molar-refractivity contribution is 0.573. The molecule has 2 aromatic rings. The van der Waals surface area contributed by atoms with Gasteiger partial charge in [-0.2, -0.15) is 0 Å². The molecule has 0 saturated carbocycles. The maximum atomic E-state index is 13.3. The first kappa shape index (κ1) is 10.5. The molecule has 0 spiro atoms. The minimum Gasteiger partial charge on any atom is -0.310 e. The Morgan fingerprint density at radius 2 is 2.06 bits per heavy atom. The fraction of sp³-hybridized carbons (Fsp3) is 0.0909. The second-order valence-corrected chi connectivity index (χ2v) is 3.29. The van der Waals surface area contributed by atoms with Gasteiger partial charge in [-0.15, -0.1) is 0 Å². The van der Waals surface area contributed by atoms with Gasteiger partial charge in [0, 0.05) is 24.8 Å². The molecule has 0 unspecified atom stereocenters. The molecule has 0 aliphatic heterocycles. The Labute approximate surface area is 89.8 Å². The minimum atomic E-state index is -0.647. The Bertz CT molecular complexity index is 566. The van der Waals surface area contributed by atoms with E-state index in [1.807, 2.05) is 0 Å². The minimum absolute atomic E-state index is 0.127. The summed E-state index contributed by atoms with van der Waals surface area (Å²) in [7, 11) is 0. The molecule has 0 aliphatic rings. The molecule has 1 heterocycles. The number of hydrogen-bond donors (Lipinski definition) is 1. The monoisotopic (exact) mass is 222 g/mol. The van der Waals surface area contributed by atoms with Gasteiger partial charge >= 0.3 is 0 Å². The maximum absolute atomic E-state index is 13.3. The van der Waals surface area contributed by atoms with Crippen molar-refractivity contribution in [3.63, 3.8) is 0 Å². The molecule has 0 aliphatic carbocycles. The molecule has 0 fully saturated rings. The molecule has 0 atom stereocenters. The van der Waals surface area contributed by atoms with Crippen molar-refractivity contribution in [1.29, 1.82) is 0 Å². The van der Waals surface area contributed by atoms with Crippen LogP contribution in [0.1, 0.15) is 11.4 Å². The number of aromatic amines is 1. The van der Waals surface area contributed by atoms with Crippen molar-refractivity contribution in [3.05, 3.63) is 63.8 Å². The average molecular weight is 222 g/mol. The number of benzene rings is 1. The van der Waals surface area contributed by atoms with Crippen molar-refractivity contribution in [2.75, 3.05) is 0 Å². The van der Waals surface area contributed by atoms with E-state index in [9.17, 15) is 13.6 Å². The van der Waals surface area contributed by atoms with Gasteiger partial charge in [0.15, 0.2) is 0 Å². The Morgan fingerprint density at radius 1 is 1.25 bits per heavy atom. The van der Waals surface area contributed by atoms with Crippen molar-refractivity contribution in [2.24, 2.45) is 0 Å². The first-order valence-corrected chi connectivity index (χ1v) is 4.63. The van der Waals surface area contributed by atoms with Crippen LogP contribution >= 0.6 is 0 Å². The number of nitrogens with one attached hydrogen (secondary N) is 1. The molecule has 82 valence electrons. The van der Waals surface area contributed by atoms with Crippen molar-refractivity contribution >= 4 is 0 Å². The Kier molecular flexibility index (Phi) is 2.76. The fourth-order valence-corrected chi connectivity index (χ4v) is 1.35. The number of aromatic nitrogens is 2. The first-order chi connectivity index (χ1) is 7.65. The van der Waals surface area contributed by atoms with E-state index in [0.717, 1.165) is 6.07 Å². The zero-order chi connectivity index (χ0) is 11.5. The van der Waals surface area contributed by atoms with Crippen LogP contribution < -0.4 is 5.56 Å². The lowest BCUT2D eigenvalue weighted by Crippen LogP contribution is -2.09. The summed E-state index contributed by atoms with van der Waals surface area (Å²) >= 11 is 0. The number of H-pyrrole nitrogens is 1. The average Bonchev–Trinajstić information content (AvgIpc) is 2.22. The Hall–Kier alpha value is -2.04. The van der Waals surface area contributed by atoms with Crippen LogP contribution in [-0.2, 0) is 6.42 Å². The molecule has 1 N–H and O–H groups in total. The van der Waals surface area contributed by atoms with Crippen molar-refractivity contribution in [2.45, 2.75) is 6.42 Å². The number of hydrogen-bond acceptors (Lipinski definition) is 2. The van der Waals surface area contributed by atoms with Crippen LogP contribution in [0, 0.1) is 11.6 Å². The number of halogens is 2. The molecule has 16 heavy (non-hydrogen) atoms. The maximum Gasteiger partial charge on any atom is 0.250 e. The second-order valence-electron chi connectivity index (χ2n) is 3.29. The summed E-state index contributed by atoms with van der Waals surface area (Å²) in [5.74, 6) is -0.930. The van der Waals surface area contributed by atoms with Gasteiger partial charge in [-0.05, 0) is 11.6 Å². The summed E-state index contributed by atoms with van der Waals surface area (Å²) in [5.41, 5.74) is -0.0109. The van der Waals surface area contributed by atoms with Gasteiger partial charge in [-0.1, -0.05) is 6.07 Å². The standard InChI is InChI=1S/C11H8F2N2O/c12-8-2-1-7(9(13)6-8)5-10-14-4-3-11(16)15-10/h1-4,6H,5H2,(H,14,15,16). The summed E-state index contributed by atoms with van der Waals surface area (Å²) in [6.45, 7) is 0. The zero-order valence-corrected chi connectivity index (χ0v) is 8.21. The Morgan fingerprint density at radius 3 is 2.75 bits per heavy atom. The molecule has 0 radical (unpaired) electrons. The summed E-state index contributed by atoms with van der Waals surface area (Å²) in [6.07, 6.45) is 1.47. The molecule has 0 amide bonds. The van der Waals surface area contributed by atoms with E-state index < -0.39 is 11.6 Å². The van der Waals surface area contributed by atoms with Crippen LogP contribution in [0.25, 0.3) is 0 Å². The lowest BCUT2D eigenvalue weighted by atomic mass is 10.1. The van der Waals surface area contributed by atoms with E-state index in [4.69, 9.17) is 0 Å². The highest BCUT2D eigenvalue weighted by Crippen LogP contribution is 2.11. The molecular formula is C11H8F2N2O. The third-order valence-corrected chi connectivity index (χ3v) is 2.10. The molecule has 3 nitrogen and oxygen atoms in total. The molecule has 5 heteroatoms. The summed E-state index contributed by atoms with van der Waals surface area (Å²) < 4.78 is 25.9. The molecular weight excluding hydrogens is 214 g/mol. The van der Waals surface area contributed by atoms with Crippen LogP contribution in [0.15, 0.2) is 35.3 Å². The number of rotatable bonds is 2. The largest absolute Gasteiger partial charge is 0.310 e. The zero-order valence-electron chi connectivity index (χ0n) is 8.21. The SMILES string of the molecule is O=c1ccnc(Cc2ccc(F)cc2F)[nH]1. The fourth-order valence-electron chi connectivity index (χ4n) is 1.35. The van der Waals surface area contributed by atoms with Gasteiger partial charge < -0.3 is 4.98 Å². The summed E-state index contributed by atoms with van der Waals surface area (Å²) in [4.78, 5) is 17.3. The third-order valence-electron chi connectivity index (χ3n) is 2.10. The number of nitrogens with zero attached hydrogens (tertiary/aromatic N) is 1. The van der Waals surface area contributed by atoms with Crippen molar-refractivity contribution in [3.8, 4) is 0 Å². The van der Waals surface area contributed by atoms with Gasteiger partial charge in [-0.3, -0.25) is 4.79 Å². The van der Waals surface area contributed by atoms with Gasteiger partial charge in [0.05, 0.1) is 0 Å². The van der Waals surface area contributed by atoms with E-state index in [0.29, 0.717) is 5.82 Å². The first-order valence-electron chi connectivity index (χ1n) is 4.63. The van der Waals surface area contributed by atoms with Gasteiger partial charge in [0.25, 0.3) is 5.56 Å². The van der Waals surface area contributed by atoms with Crippen LogP contribution in [-0.4, -0.2) is 9.97 Å². The molecule has 0 bridgehead atoms.